The topological polar surface area (TPSA) is 53.4 Å². The summed E-state index contributed by atoms with van der Waals surface area (Å²) in [6, 6.07) is 3.97. The van der Waals surface area contributed by atoms with Gasteiger partial charge in [0.2, 0.25) is 5.91 Å². The molecule has 1 aliphatic rings. The average molecular weight is 433 g/mol. The number of hydrogen-bond donors (Lipinski definition) is 1. The van der Waals surface area contributed by atoms with Crippen molar-refractivity contribution in [3.8, 4) is 0 Å². The zero-order valence-corrected chi connectivity index (χ0v) is 16.3. The molecule has 1 N–H and O–H groups in total. The Morgan fingerprint density at radius 2 is 1.96 bits per heavy atom. The third-order valence-electron chi connectivity index (χ3n) is 4.97. The molecule has 4 nitrogen and oxygen atoms in total. The van der Waals surface area contributed by atoms with Crippen LogP contribution in [0.3, 0.4) is 0 Å². The number of aliphatic hydroxyl groups is 1. The van der Waals surface area contributed by atoms with Crippen LogP contribution in [0.15, 0.2) is 30.6 Å². The van der Waals surface area contributed by atoms with Gasteiger partial charge in [-0.2, -0.15) is 13.2 Å². The van der Waals surface area contributed by atoms with Crippen LogP contribution in [0.1, 0.15) is 41.3 Å². The van der Waals surface area contributed by atoms with Crippen molar-refractivity contribution < 1.29 is 23.1 Å². The van der Waals surface area contributed by atoms with E-state index in [0.29, 0.717) is 16.7 Å². The van der Waals surface area contributed by atoms with E-state index in [4.69, 9.17) is 23.2 Å². The highest BCUT2D eigenvalue weighted by atomic mass is 35.5. The molecule has 150 valence electrons. The van der Waals surface area contributed by atoms with Crippen molar-refractivity contribution in [1.29, 1.82) is 0 Å². The summed E-state index contributed by atoms with van der Waals surface area (Å²) in [5.74, 6) is -0.241. The van der Waals surface area contributed by atoms with Crippen molar-refractivity contribution >= 4 is 29.1 Å². The number of rotatable bonds is 3. The Morgan fingerprint density at radius 1 is 1.32 bits per heavy atom. The summed E-state index contributed by atoms with van der Waals surface area (Å²) >= 11 is 12.2. The summed E-state index contributed by atoms with van der Waals surface area (Å²) in [5.41, 5.74) is 1.32. The van der Waals surface area contributed by atoms with Crippen molar-refractivity contribution in [3.63, 3.8) is 0 Å². The molecule has 1 aromatic carbocycles. The maximum Gasteiger partial charge on any atom is 0.418 e. The van der Waals surface area contributed by atoms with E-state index >= 15 is 0 Å². The van der Waals surface area contributed by atoms with Crippen LogP contribution in [-0.2, 0) is 17.6 Å². The molecular formula is C19H17Cl2F3N2O2. The lowest BCUT2D eigenvalue weighted by molar-refractivity contribution is -0.207. The summed E-state index contributed by atoms with van der Waals surface area (Å²) in [6.45, 7) is 1.98. The van der Waals surface area contributed by atoms with Gasteiger partial charge in [-0.1, -0.05) is 41.4 Å². The van der Waals surface area contributed by atoms with Crippen molar-refractivity contribution in [2.75, 3.05) is 6.54 Å². The van der Waals surface area contributed by atoms with Gasteiger partial charge in [0.15, 0.2) is 6.10 Å². The number of benzene rings is 1. The molecular weight excluding hydrogens is 416 g/mol. The fourth-order valence-corrected chi connectivity index (χ4v) is 4.03. The zero-order valence-electron chi connectivity index (χ0n) is 14.8. The highest BCUT2D eigenvalue weighted by Crippen LogP contribution is 2.39. The van der Waals surface area contributed by atoms with Crippen molar-refractivity contribution in [2.24, 2.45) is 0 Å². The number of pyridine rings is 1. The molecule has 0 saturated heterocycles. The minimum absolute atomic E-state index is 0.0370. The second-order valence-electron chi connectivity index (χ2n) is 6.63. The molecule has 28 heavy (non-hydrogen) atoms. The van der Waals surface area contributed by atoms with Gasteiger partial charge >= 0.3 is 6.18 Å². The monoisotopic (exact) mass is 432 g/mol. The SMILES string of the molecule is C[C@H]1c2cccc(C(O)C(F)(F)F)c2CCN1C(=O)Cc1c(Cl)cncc1Cl. The maximum absolute atomic E-state index is 13.0. The number of nitrogens with zero attached hydrogens (tertiary/aromatic N) is 2. The van der Waals surface area contributed by atoms with Gasteiger partial charge < -0.3 is 10.0 Å². The molecule has 1 aromatic heterocycles. The number of aliphatic hydroxyl groups excluding tert-OH is 1. The molecule has 0 bridgehead atoms. The van der Waals surface area contributed by atoms with Crippen LogP contribution in [0.2, 0.25) is 10.0 Å². The Kier molecular flexibility index (Phi) is 5.89. The van der Waals surface area contributed by atoms with E-state index in [2.05, 4.69) is 4.98 Å². The molecule has 1 aliphatic heterocycles. The largest absolute Gasteiger partial charge is 0.418 e. The summed E-state index contributed by atoms with van der Waals surface area (Å²) in [7, 11) is 0. The van der Waals surface area contributed by atoms with Crippen molar-refractivity contribution in [3.05, 3.63) is 62.9 Å². The van der Waals surface area contributed by atoms with E-state index in [9.17, 15) is 23.1 Å². The van der Waals surface area contributed by atoms with E-state index in [-0.39, 0.29) is 40.9 Å². The molecule has 0 aliphatic carbocycles. The van der Waals surface area contributed by atoms with Gasteiger partial charge in [0.05, 0.1) is 22.5 Å². The van der Waals surface area contributed by atoms with Gasteiger partial charge in [-0.25, -0.2) is 0 Å². The predicted octanol–water partition coefficient (Wildman–Crippen LogP) is 4.67. The number of carbonyl (C=O) groups is 1. The van der Waals surface area contributed by atoms with Gasteiger partial charge in [0.1, 0.15) is 0 Å². The number of hydrogen-bond acceptors (Lipinski definition) is 3. The Bertz CT molecular complexity index is 885. The number of fused-ring (bicyclic) bond motifs is 1. The van der Waals surface area contributed by atoms with Crippen molar-refractivity contribution in [1.82, 2.24) is 9.88 Å². The zero-order chi connectivity index (χ0) is 20.6. The third-order valence-corrected chi connectivity index (χ3v) is 5.63. The van der Waals surface area contributed by atoms with Crippen molar-refractivity contribution in [2.45, 2.75) is 38.1 Å². The maximum atomic E-state index is 13.0. The number of aromatic nitrogens is 1. The molecule has 0 saturated carbocycles. The highest BCUT2D eigenvalue weighted by molar-refractivity contribution is 6.36. The normalized spacial score (nSPS) is 18.0. The van der Waals surface area contributed by atoms with Gasteiger partial charge in [0.25, 0.3) is 0 Å². The second-order valence-corrected chi connectivity index (χ2v) is 7.45. The summed E-state index contributed by atoms with van der Waals surface area (Å²) in [4.78, 5) is 18.3. The molecule has 0 spiro atoms. The van der Waals surface area contributed by atoms with E-state index in [0.717, 1.165) is 0 Å². The molecule has 3 rings (SSSR count). The highest BCUT2D eigenvalue weighted by Gasteiger charge is 2.42. The fraction of sp³-hybridized carbons (Fsp3) is 0.368. The minimum atomic E-state index is -4.75. The number of carbonyl (C=O) groups excluding carboxylic acids is 1. The number of amides is 1. The quantitative estimate of drug-likeness (QED) is 0.766. The van der Waals surface area contributed by atoms with Crippen LogP contribution in [0, 0.1) is 0 Å². The van der Waals surface area contributed by atoms with Gasteiger partial charge in [-0.3, -0.25) is 9.78 Å². The van der Waals surface area contributed by atoms with E-state index < -0.39 is 18.3 Å². The molecule has 0 fully saturated rings. The number of alkyl halides is 3. The fourth-order valence-electron chi connectivity index (χ4n) is 3.53. The van der Waals surface area contributed by atoms with Gasteiger partial charge in [-0.05, 0) is 30.0 Å². The Morgan fingerprint density at radius 3 is 2.57 bits per heavy atom. The number of halogens is 5. The van der Waals surface area contributed by atoms with Gasteiger partial charge in [-0.15, -0.1) is 0 Å². The lowest BCUT2D eigenvalue weighted by Crippen LogP contribution is -2.40. The van der Waals surface area contributed by atoms with Crippen LogP contribution in [0.5, 0.6) is 0 Å². The first-order chi connectivity index (χ1) is 13.1. The van der Waals surface area contributed by atoms with Crippen LogP contribution in [0.25, 0.3) is 0 Å². The molecule has 9 heteroatoms. The Balaban J connectivity index is 1.87. The van der Waals surface area contributed by atoms with Gasteiger partial charge in [0, 0.05) is 24.5 Å². The smallest absolute Gasteiger partial charge is 0.379 e. The molecule has 1 amide bonds. The van der Waals surface area contributed by atoms with E-state index in [1.165, 1.54) is 24.5 Å². The summed E-state index contributed by atoms with van der Waals surface area (Å²) < 4.78 is 38.9. The predicted molar refractivity (Wildman–Crippen MR) is 99.2 cm³/mol. The average Bonchev–Trinajstić information content (AvgIpc) is 2.63. The Hall–Kier alpha value is -1.83. The first kappa shape index (κ1) is 20.9. The second kappa shape index (κ2) is 7.89. The first-order valence-electron chi connectivity index (χ1n) is 8.55. The van der Waals surface area contributed by atoms with E-state index in [1.54, 1.807) is 17.9 Å². The van der Waals surface area contributed by atoms with Crippen LogP contribution in [-0.4, -0.2) is 33.6 Å². The van der Waals surface area contributed by atoms with Crippen LogP contribution < -0.4 is 0 Å². The molecule has 2 heterocycles. The lowest BCUT2D eigenvalue weighted by Gasteiger charge is -2.37. The molecule has 2 aromatic rings. The van der Waals surface area contributed by atoms with E-state index in [1.807, 2.05) is 0 Å². The third kappa shape index (κ3) is 3.97. The molecule has 0 radical (unpaired) electrons. The first-order valence-corrected chi connectivity index (χ1v) is 9.30. The Labute approximate surface area is 169 Å². The van der Waals surface area contributed by atoms with Crippen LogP contribution >= 0.6 is 23.2 Å². The molecule has 1 unspecified atom stereocenters. The standard InChI is InChI=1S/C19H17Cl2F3N2O2/c1-10-11-3-2-4-13(18(28)19(22,23)24)12(11)5-6-26(10)17(27)7-14-15(20)8-25-9-16(14)21/h2-4,8-10,18,28H,5-7H2,1H3/t10-,18?/m0/s1. The lowest BCUT2D eigenvalue weighted by atomic mass is 9.87. The molecule has 2 atom stereocenters. The summed E-state index contributed by atoms with van der Waals surface area (Å²) in [5, 5.41) is 10.2. The summed E-state index contributed by atoms with van der Waals surface area (Å²) in [6.07, 6.45) is -4.32. The minimum Gasteiger partial charge on any atom is -0.379 e. The van der Waals surface area contributed by atoms with Crippen LogP contribution in [0.4, 0.5) is 13.2 Å².